The molecule has 0 spiro atoms. The van der Waals surface area contributed by atoms with E-state index in [0.29, 0.717) is 11.6 Å². The van der Waals surface area contributed by atoms with Crippen LogP contribution in [0.3, 0.4) is 0 Å². The van der Waals surface area contributed by atoms with Crippen molar-refractivity contribution in [3.8, 4) is 5.75 Å². The Morgan fingerprint density at radius 1 is 1.41 bits per heavy atom. The van der Waals surface area contributed by atoms with E-state index in [-0.39, 0.29) is 0 Å². The summed E-state index contributed by atoms with van der Waals surface area (Å²) in [5.41, 5.74) is 0. The molecule has 6 nitrogen and oxygen atoms in total. The molecule has 0 amide bonds. The van der Waals surface area contributed by atoms with Crippen LogP contribution in [0.2, 0.25) is 0 Å². The quantitative estimate of drug-likeness (QED) is 0.829. The molecule has 0 aromatic carbocycles. The van der Waals surface area contributed by atoms with Gasteiger partial charge in [0, 0.05) is 20.3 Å². The van der Waals surface area contributed by atoms with Gasteiger partial charge in [-0.25, -0.2) is 9.97 Å². The van der Waals surface area contributed by atoms with Gasteiger partial charge in [-0.15, -0.1) is 0 Å². The van der Waals surface area contributed by atoms with Crippen LogP contribution in [0, 0.1) is 0 Å². The second-order valence-electron chi connectivity index (χ2n) is 3.26. The largest absolute Gasteiger partial charge is 0.490 e. The van der Waals surface area contributed by atoms with Crippen LogP contribution in [0.15, 0.2) is 28.6 Å². The molecule has 0 aliphatic heterocycles. The average Bonchev–Trinajstić information content (AvgIpc) is 2.74. The van der Waals surface area contributed by atoms with Crippen LogP contribution in [0.5, 0.6) is 5.75 Å². The summed E-state index contributed by atoms with van der Waals surface area (Å²) in [7, 11) is 5.27. The molecular formula is C10H13N5OS. The second kappa shape index (κ2) is 5.05. The fraction of sp³-hybridized carbons (Fsp3) is 0.300. The summed E-state index contributed by atoms with van der Waals surface area (Å²) in [5.74, 6) is 1.32. The van der Waals surface area contributed by atoms with E-state index < -0.39 is 0 Å². The van der Waals surface area contributed by atoms with E-state index in [1.807, 2.05) is 13.2 Å². The number of hydrogen-bond donors (Lipinski definition) is 1. The van der Waals surface area contributed by atoms with E-state index in [4.69, 9.17) is 4.74 Å². The molecule has 17 heavy (non-hydrogen) atoms. The summed E-state index contributed by atoms with van der Waals surface area (Å²) in [4.78, 5) is 9.31. The van der Waals surface area contributed by atoms with Gasteiger partial charge in [0.2, 0.25) is 0 Å². The number of anilines is 1. The van der Waals surface area contributed by atoms with E-state index in [0.717, 1.165) is 9.92 Å². The average molecular weight is 251 g/mol. The fourth-order valence-corrected chi connectivity index (χ4v) is 2.26. The van der Waals surface area contributed by atoms with Gasteiger partial charge in [-0.3, -0.25) is 4.68 Å². The van der Waals surface area contributed by atoms with Crippen LogP contribution in [-0.4, -0.2) is 33.9 Å². The molecule has 2 heterocycles. The van der Waals surface area contributed by atoms with Crippen LogP contribution in [0.25, 0.3) is 0 Å². The van der Waals surface area contributed by atoms with Gasteiger partial charge in [0.1, 0.15) is 11.4 Å². The number of rotatable bonds is 4. The predicted molar refractivity (Wildman–Crippen MR) is 65.5 cm³/mol. The third-order valence-corrected chi connectivity index (χ3v) is 3.04. The molecule has 0 saturated heterocycles. The zero-order valence-corrected chi connectivity index (χ0v) is 10.7. The monoisotopic (exact) mass is 251 g/mol. The van der Waals surface area contributed by atoms with E-state index in [2.05, 4.69) is 20.4 Å². The maximum absolute atomic E-state index is 5.31. The smallest absolute Gasteiger partial charge is 0.194 e. The van der Waals surface area contributed by atoms with E-state index in [1.165, 1.54) is 18.1 Å². The molecule has 0 atom stereocenters. The van der Waals surface area contributed by atoms with Gasteiger partial charge < -0.3 is 10.1 Å². The number of ether oxygens (including phenoxy) is 1. The lowest BCUT2D eigenvalue weighted by Crippen LogP contribution is -1.99. The van der Waals surface area contributed by atoms with Crippen LogP contribution < -0.4 is 10.1 Å². The molecule has 0 aliphatic carbocycles. The number of nitrogens with zero attached hydrogens (tertiary/aromatic N) is 4. The van der Waals surface area contributed by atoms with Crippen LogP contribution in [0.1, 0.15) is 0 Å². The van der Waals surface area contributed by atoms with Crippen molar-refractivity contribution < 1.29 is 4.74 Å². The molecule has 0 aliphatic rings. The van der Waals surface area contributed by atoms with Gasteiger partial charge in [-0.05, 0) is 0 Å². The number of nitrogens with one attached hydrogen (secondary N) is 1. The summed E-state index contributed by atoms with van der Waals surface area (Å²) >= 11 is 1.49. The fourth-order valence-electron chi connectivity index (χ4n) is 1.36. The van der Waals surface area contributed by atoms with Gasteiger partial charge in [-0.2, -0.15) is 5.10 Å². The highest BCUT2D eigenvalue weighted by molar-refractivity contribution is 7.99. The van der Waals surface area contributed by atoms with E-state index in [1.54, 1.807) is 25.0 Å². The van der Waals surface area contributed by atoms with Crippen LogP contribution in [-0.2, 0) is 7.05 Å². The second-order valence-corrected chi connectivity index (χ2v) is 4.32. The summed E-state index contributed by atoms with van der Waals surface area (Å²) in [5, 5.41) is 7.84. The lowest BCUT2D eigenvalue weighted by Gasteiger charge is -2.09. The number of methoxy groups -OCH3 is 1. The summed E-state index contributed by atoms with van der Waals surface area (Å²) in [6.07, 6.45) is 5.21. The first-order valence-electron chi connectivity index (χ1n) is 4.98. The number of aryl methyl sites for hydroxylation is 1. The van der Waals surface area contributed by atoms with Crippen LogP contribution in [0.4, 0.5) is 5.82 Å². The summed E-state index contributed by atoms with van der Waals surface area (Å²) in [6, 6.07) is 0. The van der Waals surface area contributed by atoms with Crippen molar-refractivity contribution in [2.24, 2.45) is 7.05 Å². The van der Waals surface area contributed by atoms with E-state index in [9.17, 15) is 0 Å². The predicted octanol–water partition coefficient (Wildman–Crippen LogP) is 1.41. The SMILES string of the molecule is CNc1ncnc(Sc2cnn(C)c2)c1OC. The highest BCUT2D eigenvalue weighted by Crippen LogP contribution is 2.36. The first kappa shape index (κ1) is 11.7. The first-order valence-corrected chi connectivity index (χ1v) is 5.79. The van der Waals surface area contributed by atoms with Crippen molar-refractivity contribution in [1.29, 1.82) is 0 Å². The number of hydrogen-bond acceptors (Lipinski definition) is 6. The van der Waals surface area contributed by atoms with E-state index >= 15 is 0 Å². The molecule has 0 radical (unpaired) electrons. The number of aromatic nitrogens is 4. The maximum Gasteiger partial charge on any atom is 0.194 e. The highest BCUT2D eigenvalue weighted by atomic mass is 32.2. The van der Waals surface area contributed by atoms with Crippen molar-refractivity contribution in [2.75, 3.05) is 19.5 Å². The van der Waals surface area contributed by atoms with Gasteiger partial charge >= 0.3 is 0 Å². The molecule has 0 bridgehead atoms. The van der Waals surface area contributed by atoms with Crippen molar-refractivity contribution in [2.45, 2.75) is 9.92 Å². The van der Waals surface area contributed by atoms with Crippen molar-refractivity contribution in [3.05, 3.63) is 18.7 Å². The first-order chi connectivity index (χ1) is 8.24. The standard InChI is InChI=1S/C10H13N5OS/c1-11-9-8(16-3)10(13-6-12-9)17-7-4-14-15(2)5-7/h4-6H,1-3H3,(H,11,12,13). The van der Waals surface area contributed by atoms with Gasteiger partial charge in [0.15, 0.2) is 11.6 Å². The third-order valence-electron chi connectivity index (χ3n) is 2.11. The Bertz CT molecular complexity index is 513. The molecule has 7 heteroatoms. The Morgan fingerprint density at radius 2 is 2.24 bits per heavy atom. The Kier molecular flexibility index (Phi) is 3.48. The molecule has 0 unspecified atom stereocenters. The minimum Gasteiger partial charge on any atom is -0.490 e. The molecule has 2 rings (SSSR count). The summed E-state index contributed by atoms with van der Waals surface area (Å²) < 4.78 is 7.06. The minimum atomic E-state index is 0.642. The Labute approximate surface area is 103 Å². The lowest BCUT2D eigenvalue weighted by molar-refractivity contribution is 0.400. The van der Waals surface area contributed by atoms with Gasteiger partial charge in [0.25, 0.3) is 0 Å². The van der Waals surface area contributed by atoms with Crippen molar-refractivity contribution in [3.63, 3.8) is 0 Å². The zero-order valence-electron chi connectivity index (χ0n) is 9.84. The van der Waals surface area contributed by atoms with Crippen LogP contribution >= 0.6 is 11.8 Å². The van der Waals surface area contributed by atoms with Gasteiger partial charge in [-0.1, -0.05) is 11.8 Å². The molecule has 0 saturated carbocycles. The molecular weight excluding hydrogens is 238 g/mol. The molecule has 90 valence electrons. The van der Waals surface area contributed by atoms with Gasteiger partial charge in [0.05, 0.1) is 18.2 Å². The molecule has 2 aromatic rings. The highest BCUT2D eigenvalue weighted by Gasteiger charge is 2.12. The summed E-state index contributed by atoms with van der Waals surface area (Å²) in [6.45, 7) is 0. The van der Waals surface area contributed by atoms with Crippen molar-refractivity contribution in [1.82, 2.24) is 19.7 Å². The molecule has 0 fully saturated rings. The lowest BCUT2D eigenvalue weighted by atomic mass is 10.5. The topological polar surface area (TPSA) is 64.9 Å². The Morgan fingerprint density at radius 3 is 2.82 bits per heavy atom. The normalized spacial score (nSPS) is 10.3. The zero-order chi connectivity index (χ0) is 12.3. The maximum atomic E-state index is 5.31. The third kappa shape index (κ3) is 2.50. The Hall–Kier alpha value is -1.76. The Balaban J connectivity index is 2.32. The molecule has 2 aromatic heterocycles. The minimum absolute atomic E-state index is 0.642. The molecule has 1 N–H and O–H groups in total. The van der Waals surface area contributed by atoms with Crippen molar-refractivity contribution >= 4 is 17.6 Å².